The quantitative estimate of drug-likeness (QED) is 0.742. The molecule has 0 N–H and O–H groups in total. The molecule has 0 fully saturated rings. The SMILES string of the molecule is CC(Oc1ccccc1)N1[C]C=CC=C1. The van der Waals surface area contributed by atoms with Crippen LogP contribution in [0.5, 0.6) is 5.75 Å². The monoisotopic (exact) mass is 199 g/mol. The Bertz CT molecular complexity index is 356. The highest BCUT2D eigenvalue weighted by molar-refractivity contribution is 5.21. The summed E-state index contributed by atoms with van der Waals surface area (Å²) in [5.41, 5.74) is 0. The Labute approximate surface area is 90.5 Å². The first kappa shape index (κ1) is 9.84. The van der Waals surface area contributed by atoms with Crippen LogP contribution in [0.25, 0.3) is 0 Å². The summed E-state index contributed by atoms with van der Waals surface area (Å²) in [6.45, 7) is 5.07. The first-order valence-electron chi connectivity index (χ1n) is 4.96. The van der Waals surface area contributed by atoms with Crippen molar-refractivity contribution < 1.29 is 4.74 Å². The summed E-state index contributed by atoms with van der Waals surface area (Å²) >= 11 is 0. The molecule has 1 atom stereocenters. The van der Waals surface area contributed by atoms with Crippen molar-refractivity contribution in [1.29, 1.82) is 0 Å². The molecule has 0 saturated carbocycles. The van der Waals surface area contributed by atoms with Crippen molar-refractivity contribution in [2.75, 3.05) is 0 Å². The van der Waals surface area contributed by atoms with Crippen molar-refractivity contribution in [2.24, 2.45) is 0 Å². The number of ether oxygens (including phenoxy) is 1. The van der Waals surface area contributed by atoms with E-state index in [1.807, 2.05) is 66.6 Å². The molecule has 0 aliphatic carbocycles. The molecule has 2 rings (SSSR count). The lowest BCUT2D eigenvalue weighted by Gasteiger charge is -2.27. The van der Waals surface area contributed by atoms with E-state index in [9.17, 15) is 0 Å². The maximum absolute atomic E-state index is 5.73. The van der Waals surface area contributed by atoms with Crippen LogP contribution in [0.1, 0.15) is 6.92 Å². The molecule has 0 spiro atoms. The van der Waals surface area contributed by atoms with E-state index in [0.29, 0.717) is 0 Å². The Hall–Kier alpha value is -1.70. The lowest BCUT2D eigenvalue weighted by atomic mass is 10.3. The topological polar surface area (TPSA) is 12.5 Å². The predicted molar refractivity (Wildman–Crippen MR) is 59.9 cm³/mol. The van der Waals surface area contributed by atoms with Crippen LogP contribution < -0.4 is 4.74 Å². The molecule has 0 saturated heterocycles. The fraction of sp³-hybridized carbons (Fsp3) is 0.154. The van der Waals surface area contributed by atoms with E-state index in [1.165, 1.54) is 0 Å². The van der Waals surface area contributed by atoms with Gasteiger partial charge < -0.3 is 9.64 Å². The zero-order valence-corrected chi connectivity index (χ0v) is 8.63. The number of hydrogen-bond donors (Lipinski definition) is 0. The molecule has 0 bridgehead atoms. The zero-order chi connectivity index (χ0) is 10.5. The minimum atomic E-state index is -0.0476. The van der Waals surface area contributed by atoms with Crippen molar-refractivity contribution in [3.8, 4) is 5.75 Å². The number of rotatable bonds is 3. The summed E-state index contributed by atoms with van der Waals surface area (Å²) in [6.07, 6.45) is 7.65. The number of para-hydroxylation sites is 1. The summed E-state index contributed by atoms with van der Waals surface area (Å²) in [5, 5.41) is 0. The first-order valence-corrected chi connectivity index (χ1v) is 4.96. The summed E-state index contributed by atoms with van der Waals surface area (Å²) in [6, 6.07) is 9.78. The smallest absolute Gasteiger partial charge is 0.169 e. The number of allylic oxidation sites excluding steroid dienone is 2. The molecular weight excluding hydrogens is 186 g/mol. The van der Waals surface area contributed by atoms with Gasteiger partial charge in [0, 0.05) is 6.20 Å². The Morgan fingerprint density at radius 2 is 2.00 bits per heavy atom. The molecule has 15 heavy (non-hydrogen) atoms. The third-order valence-corrected chi connectivity index (χ3v) is 2.12. The van der Waals surface area contributed by atoms with E-state index < -0.39 is 0 Å². The van der Waals surface area contributed by atoms with Gasteiger partial charge in [0.25, 0.3) is 0 Å². The van der Waals surface area contributed by atoms with Crippen molar-refractivity contribution in [1.82, 2.24) is 4.90 Å². The standard InChI is InChI=1S/C13H13NO/c1-12(14-10-6-3-7-11-14)15-13-8-4-2-5-9-13/h2-10,12H,1H3. The van der Waals surface area contributed by atoms with Crippen LogP contribution in [-0.4, -0.2) is 11.1 Å². The fourth-order valence-corrected chi connectivity index (χ4v) is 1.35. The largest absolute Gasteiger partial charge is 0.471 e. The number of benzene rings is 1. The lowest BCUT2D eigenvalue weighted by Crippen LogP contribution is -2.31. The van der Waals surface area contributed by atoms with Crippen LogP contribution in [0, 0.1) is 6.54 Å². The second kappa shape index (κ2) is 4.69. The predicted octanol–water partition coefficient (Wildman–Crippen LogP) is 2.84. The number of hydrogen-bond acceptors (Lipinski definition) is 2. The van der Waals surface area contributed by atoms with E-state index in [-0.39, 0.29) is 6.23 Å². The van der Waals surface area contributed by atoms with Crippen molar-refractivity contribution in [3.63, 3.8) is 0 Å². The van der Waals surface area contributed by atoms with Gasteiger partial charge in [-0.05, 0) is 25.1 Å². The first-order chi connectivity index (χ1) is 7.36. The van der Waals surface area contributed by atoms with Gasteiger partial charge in [0.2, 0.25) is 0 Å². The average Bonchev–Trinajstić information content (AvgIpc) is 2.31. The molecule has 1 heterocycles. The highest BCUT2D eigenvalue weighted by Gasteiger charge is 2.11. The average molecular weight is 199 g/mol. The Balaban J connectivity index is 1.95. The van der Waals surface area contributed by atoms with Crippen molar-refractivity contribution in [2.45, 2.75) is 13.2 Å². The van der Waals surface area contributed by atoms with E-state index in [4.69, 9.17) is 4.74 Å². The molecule has 0 amide bonds. The normalized spacial score (nSPS) is 16.5. The summed E-state index contributed by atoms with van der Waals surface area (Å²) < 4.78 is 5.73. The zero-order valence-electron chi connectivity index (χ0n) is 8.63. The van der Waals surface area contributed by atoms with Crippen LogP contribution >= 0.6 is 0 Å². The number of nitrogens with zero attached hydrogens (tertiary/aromatic N) is 1. The molecule has 2 radical (unpaired) electrons. The van der Waals surface area contributed by atoms with Gasteiger partial charge in [-0.3, -0.25) is 0 Å². The highest BCUT2D eigenvalue weighted by Crippen LogP contribution is 2.15. The van der Waals surface area contributed by atoms with Crippen molar-refractivity contribution >= 4 is 0 Å². The van der Waals surface area contributed by atoms with Crippen LogP contribution in [0.3, 0.4) is 0 Å². The van der Waals surface area contributed by atoms with Crippen LogP contribution in [0.15, 0.2) is 54.8 Å². The molecule has 1 aliphatic heterocycles. The van der Waals surface area contributed by atoms with Gasteiger partial charge in [0.1, 0.15) is 12.3 Å². The van der Waals surface area contributed by atoms with Gasteiger partial charge in [-0.25, -0.2) is 0 Å². The van der Waals surface area contributed by atoms with E-state index in [1.54, 1.807) is 0 Å². The van der Waals surface area contributed by atoms with Gasteiger partial charge in [-0.2, -0.15) is 0 Å². The molecule has 1 aromatic rings. The third-order valence-electron chi connectivity index (χ3n) is 2.12. The maximum atomic E-state index is 5.73. The molecule has 0 aromatic heterocycles. The van der Waals surface area contributed by atoms with E-state index in [0.717, 1.165) is 5.75 Å². The van der Waals surface area contributed by atoms with Crippen LogP contribution in [0.4, 0.5) is 0 Å². The van der Waals surface area contributed by atoms with Gasteiger partial charge in [0.15, 0.2) is 6.23 Å². The van der Waals surface area contributed by atoms with E-state index in [2.05, 4.69) is 6.54 Å². The molecule has 1 aromatic carbocycles. The minimum absolute atomic E-state index is 0.0476. The summed E-state index contributed by atoms with van der Waals surface area (Å²) in [5.74, 6) is 0.870. The second-order valence-electron chi connectivity index (χ2n) is 3.27. The third kappa shape index (κ3) is 2.62. The lowest BCUT2D eigenvalue weighted by molar-refractivity contribution is 0.102. The van der Waals surface area contributed by atoms with Crippen molar-refractivity contribution in [3.05, 3.63) is 61.3 Å². The fourth-order valence-electron chi connectivity index (χ4n) is 1.35. The minimum Gasteiger partial charge on any atom is -0.471 e. The van der Waals surface area contributed by atoms with Crippen LogP contribution in [0.2, 0.25) is 0 Å². The molecule has 1 aliphatic rings. The van der Waals surface area contributed by atoms with E-state index >= 15 is 0 Å². The molecule has 2 nitrogen and oxygen atoms in total. The van der Waals surface area contributed by atoms with Gasteiger partial charge >= 0.3 is 0 Å². The molecule has 2 heteroatoms. The van der Waals surface area contributed by atoms with Gasteiger partial charge in [-0.1, -0.05) is 30.4 Å². The Morgan fingerprint density at radius 3 is 2.67 bits per heavy atom. The highest BCUT2D eigenvalue weighted by atomic mass is 16.5. The summed E-state index contributed by atoms with van der Waals surface area (Å²) in [4.78, 5) is 1.90. The van der Waals surface area contributed by atoms with Gasteiger partial charge in [-0.15, -0.1) is 0 Å². The van der Waals surface area contributed by atoms with Gasteiger partial charge in [0.05, 0.1) is 0 Å². The van der Waals surface area contributed by atoms with Crippen LogP contribution in [-0.2, 0) is 0 Å². The Kier molecular flexibility index (Phi) is 3.08. The maximum Gasteiger partial charge on any atom is 0.169 e. The Morgan fingerprint density at radius 1 is 1.20 bits per heavy atom. The summed E-state index contributed by atoms with van der Waals surface area (Å²) in [7, 11) is 0. The molecule has 76 valence electrons. The molecule has 1 unspecified atom stereocenters. The molecular formula is C13H13NO. The second-order valence-corrected chi connectivity index (χ2v) is 3.27.